The van der Waals surface area contributed by atoms with Gasteiger partial charge in [-0.15, -0.1) is 0 Å². The second-order valence-corrected chi connectivity index (χ2v) is 6.36. The molecule has 0 fully saturated rings. The van der Waals surface area contributed by atoms with Gasteiger partial charge in [-0.3, -0.25) is 4.79 Å². The highest BCUT2D eigenvalue weighted by Crippen LogP contribution is 2.17. The summed E-state index contributed by atoms with van der Waals surface area (Å²) in [5, 5.41) is 2.73. The first-order valence-corrected chi connectivity index (χ1v) is 8.55. The summed E-state index contributed by atoms with van der Waals surface area (Å²) in [6.45, 7) is 0. The molecule has 0 aliphatic rings. The van der Waals surface area contributed by atoms with Gasteiger partial charge in [0.25, 0.3) is 5.91 Å². The standard InChI is InChI=1S/C19H20BrNO4/c1-24-17(14-6-4-3-5-7-14)18(22)21-16(19(23)25-2)12-13-8-10-15(20)11-9-13/h3-11,16-17H,12H2,1-2H3,(H,21,22)/t16-,17+/m0/s1. The molecule has 1 N–H and O–H groups in total. The maximum atomic E-state index is 12.6. The molecule has 2 aromatic carbocycles. The summed E-state index contributed by atoms with van der Waals surface area (Å²) in [6.07, 6.45) is -0.463. The van der Waals surface area contributed by atoms with Crippen molar-refractivity contribution in [1.29, 1.82) is 0 Å². The smallest absolute Gasteiger partial charge is 0.328 e. The van der Waals surface area contributed by atoms with Gasteiger partial charge in [-0.05, 0) is 23.3 Å². The van der Waals surface area contributed by atoms with E-state index in [2.05, 4.69) is 21.2 Å². The third kappa shape index (κ3) is 5.41. The highest BCUT2D eigenvalue weighted by molar-refractivity contribution is 9.10. The van der Waals surface area contributed by atoms with E-state index < -0.39 is 18.1 Å². The zero-order valence-corrected chi connectivity index (χ0v) is 15.7. The van der Waals surface area contributed by atoms with Crippen LogP contribution in [0.3, 0.4) is 0 Å². The number of methoxy groups -OCH3 is 2. The quantitative estimate of drug-likeness (QED) is 0.718. The van der Waals surface area contributed by atoms with E-state index in [-0.39, 0.29) is 5.91 Å². The van der Waals surface area contributed by atoms with Crippen molar-refractivity contribution in [2.75, 3.05) is 14.2 Å². The molecule has 25 heavy (non-hydrogen) atoms. The van der Waals surface area contributed by atoms with Crippen LogP contribution in [0.2, 0.25) is 0 Å². The van der Waals surface area contributed by atoms with Crippen LogP contribution in [0.4, 0.5) is 0 Å². The Morgan fingerprint density at radius 2 is 1.68 bits per heavy atom. The van der Waals surface area contributed by atoms with Crippen LogP contribution in [0.15, 0.2) is 59.1 Å². The average Bonchev–Trinajstić information content (AvgIpc) is 2.64. The zero-order chi connectivity index (χ0) is 18.2. The maximum absolute atomic E-state index is 12.6. The Morgan fingerprint density at radius 1 is 1.04 bits per heavy atom. The number of halogens is 1. The molecule has 5 nitrogen and oxygen atoms in total. The number of benzene rings is 2. The van der Waals surface area contributed by atoms with Crippen molar-refractivity contribution < 1.29 is 19.1 Å². The molecule has 0 unspecified atom stereocenters. The molecule has 0 aromatic heterocycles. The van der Waals surface area contributed by atoms with Crippen LogP contribution in [0.1, 0.15) is 17.2 Å². The topological polar surface area (TPSA) is 64.6 Å². The molecular formula is C19H20BrNO4. The van der Waals surface area contributed by atoms with Crippen molar-refractivity contribution in [2.24, 2.45) is 0 Å². The van der Waals surface area contributed by atoms with Crippen LogP contribution in [-0.4, -0.2) is 32.1 Å². The van der Waals surface area contributed by atoms with Gasteiger partial charge in [0.15, 0.2) is 6.10 Å². The average molecular weight is 406 g/mol. The molecule has 6 heteroatoms. The fourth-order valence-electron chi connectivity index (χ4n) is 2.46. The minimum atomic E-state index is -0.793. The summed E-state index contributed by atoms with van der Waals surface area (Å²) in [6, 6.07) is 15.9. The van der Waals surface area contributed by atoms with Gasteiger partial charge in [0.2, 0.25) is 0 Å². The van der Waals surface area contributed by atoms with Gasteiger partial charge in [0.05, 0.1) is 7.11 Å². The second kappa shape index (κ2) is 9.34. The highest BCUT2D eigenvalue weighted by Gasteiger charge is 2.27. The van der Waals surface area contributed by atoms with E-state index in [1.54, 1.807) is 12.1 Å². The van der Waals surface area contributed by atoms with Crippen LogP contribution in [-0.2, 0) is 25.5 Å². The molecule has 0 aliphatic heterocycles. The molecule has 0 heterocycles. The van der Waals surface area contributed by atoms with Crippen LogP contribution in [0, 0.1) is 0 Å². The van der Waals surface area contributed by atoms with Gasteiger partial charge in [0.1, 0.15) is 6.04 Å². The number of hydrogen-bond donors (Lipinski definition) is 1. The second-order valence-electron chi connectivity index (χ2n) is 5.44. The summed E-state index contributed by atoms with van der Waals surface area (Å²) < 4.78 is 11.1. The van der Waals surface area contributed by atoms with Crippen molar-refractivity contribution in [3.63, 3.8) is 0 Å². The summed E-state index contributed by atoms with van der Waals surface area (Å²) in [4.78, 5) is 24.7. The van der Waals surface area contributed by atoms with Crippen molar-refractivity contribution in [3.05, 3.63) is 70.2 Å². The summed E-state index contributed by atoms with van der Waals surface area (Å²) in [5.74, 6) is -0.889. The molecule has 2 atom stereocenters. The fraction of sp³-hybridized carbons (Fsp3) is 0.263. The van der Waals surface area contributed by atoms with E-state index in [1.807, 2.05) is 42.5 Å². The van der Waals surface area contributed by atoms with Crippen LogP contribution < -0.4 is 5.32 Å². The molecule has 132 valence electrons. The SMILES string of the molecule is COC(=O)[C@H](Cc1ccc(Br)cc1)NC(=O)[C@H](OC)c1ccccc1. The van der Waals surface area contributed by atoms with E-state index in [0.29, 0.717) is 6.42 Å². The number of hydrogen-bond acceptors (Lipinski definition) is 4. The predicted molar refractivity (Wildman–Crippen MR) is 98.0 cm³/mol. The number of carbonyl (C=O) groups is 2. The normalized spacial score (nSPS) is 12.9. The van der Waals surface area contributed by atoms with E-state index >= 15 is 0 Å². The lowest BCUT2D eigenvalue weighted by atomic mass is 10.0. The van der Waals surface area contributed by atoms with E-state index in [0.717, 1.165) is 15.6 Å². The minimum Gasteiger partial charge on any atom is -0.467 e. The fourth-order valence-corrected chi connectivity index (χ4v) is 2.73. The van der Waals surface area contributed by atoms with Gasteiger partial charge >= 0.3 is 5.97 Å². The largest absolute Gasteiger partial charge is 0.467 e. The van der Waals surface area contributed by atoms with Gasteiger partial charge in [0, 0.05) is 18.0 Å². The van der Waals surface area contributed by atoms with Gasteiger partial charge in [-0.25, -0.2) is 4.79 Å². The molecule has 2 aromatic rings. The molecule has 0 saturated carbocycles. The van der Waals surface area contributed by atoms with Crippen molar-refractivity contribution in [3.8, 4) is 0 Å². The molecule has 0 bridgehead atoms. The Hall–Kier alpha value is -2.18. The van der Waals surface area contributed by atoms with Crippen LogP contribution >= 0.6 is 15.9 Å². The maximum Gasteiger partial charge on any atom is 0.328 e. The lowest BCUT2D eigenvalue weighted by molar-refractivity contribution is -0.146. The van der Waals surface area contributed by atoms with Crippen LogP contribution in [0.5, 0.6) is 0 Å². The number of esters is 1. The first-order chi connectivity index (χ1) is 12.0. The molecule has 0 aliphatic carbocycles. The van der Waals surface area contributed by atoms with E-state index in [1.165, 1.54) is 14.2 Å². The molecule has 0 radical (unpaired) electrons. The Bertz CT molecular complexity index is 703. The summed E-state index contributed by atoms with van der Waals surface area (Å²) in [5.41, 5.74) is 1.63. The Labute approximate surface area is 155 Å². The van der Waals surface area contributed by atoms with E-state index in [9.17, 15) is 9.59 Å². The van der Waals surface area contributed by atoms with Gasteiger partial charge < -0.3 is 14.8 Å². The summed E-state index contributed by atoms with van der Waals surface area (Å²) >= 11 is 3.37. The highest BCUT2D eigenvalue weighted by atomic mass is 79.9. The monoisotopic (exact) mass is 405 g/mol. The molecule has 0 saturated heterocycles. The molecule has 2 rings (SSSR count). The van der Waals surface area contributed by atoms with Crippen LogP contribution in [0.25, 0.3) is 0 Å². The third-order valence-electron chi connectivity index (χ3n) is 3.73. The number of nitrogens with one attached hydrogen (secondary N) is 1. The number of carbonyl (C=O) groups excluding carboxylic acids is 2. The first-order valence-electron chi connectivity index (χ1n) is 7.75. The molecule has 1 amide bonds. The number of ether oxygens (including phenoxy) is 2. The Balaban J connectivity index is 2.13. The zero-order valence-electron chi connectivity index (χ0n) is 14.1. The first kappa shape index (κ1) is 19.1. The lowest BCUT2D eigenvalue weighted by Crippen LogP contribution is -2.45. The number of amides is 1. The van der Waals surface area contributed by atoms with Gasteiger partial charge in [-0.1, -0.05) is 58.4 Å². The Kier molecular flexibility index (Phi) is 7.16. The number of rotatable bonds is 7. The predicted octanol–water partition coefficient (Wildman–Crippen LogP) is 3.04. The Morgan fingerprint density at radius 3 is 2.24 bits per heavy atom. The lowest BCUT2D eigenvalue weighted by Gasteiger charge is -2.21. The molecular weight excluding hydrogens is 386 g/mol. The van der Waals surface area contributed by atoms with Gasteiger partial charge in [-0.2, -0.15) is 0 Å². The summed E-state index contributed by atoms with van der Waals surface area (Å²) in [7, 11) is 2.76. The minimum absolute atomic E-state index is 0.330. The van der Waals surface area contributed by atoms with Crippen molar-refractivity contribution in [2.45, 2.75) is 18.6 Å². The van der Waals surface area contributed by atoms with Crippen molar-refractivity contribution >= 4 is 27.8 Å². The van der Waals surface area contributed by atoms with Crippen molar-refractivity contribution in [1.82, 2.24) is 5.32 Å². The van der Waals surface area contributed by atoms with E-state index in [4.69, 9.17) is 9.47 Å². The molecule has 0 spiro atoms. The third-order valence-corrected chi connectivity index (χ3v) is 4.26.